The van der Waals surface area contributed by atoms with Gasteiger partial charge in [0.15, 0.2) is 0 Å². The average molecular weight is 445 g/mol. The summed E-state index contributed by atoms with van der Waals surface area (Å²) in [5.41, 5.74) is 8.72. The summed E-state index contributed by atoms with van der Waals surface area (Å²) in [4.78, 5) is 16.9. The van der Waals surface area contributed by atoms with Crippen molar-refractivity contribution in [1.29, 1.82) is 5.26 Å². The first-order chi connectivity index (χ1) is 14.1. The van der Waals surface area contributed by atoms with Gasteiger partial charge in [-0.25, -0.2) is 4.79 Å². The lowest BCUT2D eigenvalue weighted by Crippen LogP contribution is -2.46. The predicted molar refractivity (Wildman–Crippen MR) is 122 cm³/mol. The summed E-state index contributed by atoms with van der Waals surface area (Å²) in [5, 5.41) is 9.87. The minimum atomic E-state index is -0.0645. The van der Waals surface area contributed by atoms with Crippen LogP contribution in [0, 0.1) is 11.3 Å². The van der Waals surface area contributed by atoms with Crippen molar-refractivity contribution in [2.75, 3.05) is 24.5 Å². The number of hydrogen-bond acceptors (Lipinski definition) is 3. The van der Waals surface area contributed by atoms with Crippen LogP contribution in [-0.4, -0.2) is 36.6 Å². The number of hydrogen-bond donors (Lipinski definition) is 1. The van der Waals surface area contributed by atoms with Gasteiger partial charge in [0, 0.05) is 41.8 Å². The quantitative estimate of drug-likeness (QED) is 0.741. The summed E-state index contributed by atoms with van der Waals surface area (Å²) in [6.07, 6.45) is 3.76. The van der Waals surface area contributed by atoms with Gasteiger partial charge in [-0.2, -0.15) is 5.26 Å². The Balaban J connectivity index is 0.00000256. The Morgan fingerprint density at radius 2 is 1.87 bits per heavy atom. The Bertz CT molecular complexity index is 950. The van der Waals surface area contributed by atoms with E-state index in [-0.39, 0.29) is 29.9 Å². The number of halogens is 2. The van der Waals surface area contributed by atoms with E-state index in [2.05, 4.69) is 12.1 Å². The molecule has 1 saturated carbocycles. The van der Waals surface area contributed by atoms with Gasteiger partial charge in [-0.05, 0) is 61.6 Å². The molecule has 1 aliphatic carbocycles. The summed E-state index contributed by atoms with van der Waals surface area (Å²) in [5.74, 6) is 0. The van der Waals surface area contributed by atoms with E-state index in [4.69, 9.17) is 22.6 Å². The standard InChI is InChI=1S/C23H25ClN4O.ClH/c24-19-5-2-4-18(14-19)23(16-26)9-7-20(8-10-23)27-11-12-28(22(27)29)21-6-1-3-17(13-21)15-25;/h1-6,13-14,20H,7-12,16,26H2;1H. The summed E-state index contributed by atoms with van der Waals surface area (Å²) in [6, 6.07) is 17.7. The maximum Gasteiger partial charge on any atom is 0.324 e. The fraction of sp³-hybridized carbons (Fsp3) is 0.391. The molecule has 4 rings (SSSR count). The third-order valence-electron chi connectivity index (χ3n) is 6.51. The number of urea groups is 1. The van der Waals surface area contributed by atoms with Gasteiger partial charge in [0.05, 0.1) is 11.6 Å². The Morgan fingerprint density at radius 3 is 2.53 bits per heavy atom. The predicted octanol–water partition coefficient (Wildman–Crippen LogP) is 4.71. The molecule has 0 unspecified atom stereocenters. The van der Waals surface area contributed by atoms with Crippen LogP contribution < -0.4 is 10.6 Å². The molecule has 158 valence electrons. The van der Waals surface area contributed by atoms with Crippen LogP contribution in [0.2, 0.25) is 5.02 Å². The van der Waals surface area contributed by atoms with Gasteiger partial charge in [-0.15, -0.1) is 12.4 Å². The minimum absolute atomic E-state index is 0. The molecule has 2 N–H and O–H groups in total. The number of carbonyl (C=O) groups is 1. The van der Waals surface area contributed by atoms with Gasteiger partial charge >= 0.3 is 6.03 Å². The van der Waals surface area contributed by atoms with Crippen molar-refractivity contribution in [2.24, 2.45) is 5.73 Å². The monoisotopic (exact) mass is 444 g/mol. The summed E-state index contributed by atoms with van der Waals surface area (Å²) in [6.45, 7) is 1.95. The second-order valence-electron chi connectivity index (χ2n) is 8.02. The van der Waals surface area contributed by atoms with Crippen molar-refractivity contribution in [3.05, 3.63) is 64.7 Å². The van der Waals surface area contributed by atoms with Gasteiger partial charge in [-0.1, -0.05) is 29.8 Å². The second kappa shape index (κ2) is 9.26. The largest absolute Gasteiger partial charge is 0.330 e. The molecule has 2 aliphatic rings. The van der Waals surface area contributed by atoms with Crippen LogP contribution in [0.1, 0.15) is 36.8 Å². The van der Waals surface area contributed by atoms with Crippen LogP contribution in [0.5, 0.6) is 0 Å². The molecule has 7 heteroatoms. The van der Waals surface area contributed by atoms with E-state index in [0.717, 1.165) is 36.4 Å². The molecular formula is C23H26Cl2N4O. The first kappa shape index (κ1) is 22.4. The van der Waals surface area contributed by atoms with Crippen molar-refractivity contribution in [2.45, 2.75) is 37.1 Å². The molecule has 0 spiro atoms. The molecule has 5 nitrogen and oxygen atoms in total. The first-order valence-electron chi connectivity index (χ1n) is 10.1. The zero-order valence-electron chi connectivity index (χ0n) is 16.8. The molecule has 1 saturated heterocycles. The fourth-order valence-corrected chi connectivity index (χ4v) is 4.96. The highest BCUT2D eigenvalue weighted by Crippen LogP contribution is 2.41. The van der Waals surface area contributed by atoms with E-state index in [1.807, 2.05) is 35.2 Å². The van der Waals surface area contributed by atoms with E-state index in [9.17, 15) is 4.79 Å². The lowest BCUT2D eigenvalue weighted by molar-refractivity contribution is 0.156. The topological polar surface area (TPSA) is 73.4 Å². The summed E-state index contributed by atoms with van der Waals surface area (Å²) < 4.78 is 0. The summed E-state index contributed by atoms with van der Waals surface area (Å²) >= 11 is 6.21. The lowest BCUT2D eigenvalue weighted by Gasteiger charge is -2.42. The SMILES string of the molecule is Cl.N#Cc1cccc(N2CCN(C3CCC(CN)(c4cccc(Cl)c4)CC3)C2=O)c1. The van der Waals surface area contributed by atoms with Crippen molar-refractivity contribution in [1.82, 2.24) is 4.90 Å². The maximum absolute atomic E-state index is 13.1. The van der Waals surface area contributed by atoms with Gasteiger partial charge in [-0.3, -0.25) is 4.90 Å². The van der Waals surface area contributed by atoms with Crippen molar-refractivity contribution in [3.8, 4) is 6.07 Å². The number of amides is 2. The van der Waals surface area contributed by atoms with E-state index >= 15 is 0 Å². The smallest absolute Gasteiger partial charge is 0.324 e. The Labute approximate surface area is 188 Å². The molecule has 1 aliphatic heterocycles. The highest BCUT2D eigenvalue weighted by atomic mass is 35.5. The van der Waals surface area contributed by atoms with Crippen LogP contribution >= 0.6 is 24.0 Å². The van der Waals surface area contributed by atoms with Gasteiger partial charge in [0.1, 0.15) is 0 Å². The van der Waals surface area contributed by atoms with Crippen molar-refractivity contribution >= 4 is 35.7 Å². The number of nitrogens with two attached hydrogens (primary N) is 1. The molecule has 2 fully saturated rings. The Morgan fingerprint density at radius 1 is 1.13 bits per heavy atom. The van der Waals surface area contributed by atoms with Crippen LogP contribution in [0.15, 0.2) is 48.5 Å². The molecule has 30 heavy (non-hydrogen) atoms. The normalized spacial score (nSPS) is 23.8. The van der Waals surface area contributed by atoms with Gasteiger partial charge < -0.3 is 10.6 Å². The highest BCUT2D eigenvalue weighted by Gasteiger charge is 2.41. The zero-order chi connectivity index (χ0) is 20.4. The number of carbonyl (C=O) groups excluding carboxylic acids is 1. The molecule has 2 amide bonds. The number of nitriles is 1. The molecule has 0 bridgehead atoms. The van der Waals surface area contributed by atoms with E-state index in [1.165, 1.54) is 5.56 Å². The molecule has 0 radical (unpaired) electrons. The molecule has 2 aromatic carbocycles. The van der Waals surface area contributed by atoms with Crippen LogP contribution in [0.4, 0.5) is 10.5 Å². The summed E-state index contributed by atoms with van der Waals surface area (Å²) in [7, 11) is 0. The zero-order valence-corrected chi connectivity index (χ0v) is 18.3. The van der Waals surface area contributed by atoms with E-state index in [0.29, 0.717) is 25.2 Å². The molecule has 0 aromatic heterocycles. The number of anilines is 1. The number of nitrogens with zero attached hydrogens (tertiary/aromatic N) is 3. The molecule has 1 heterocycles. The average Bonchev–Trinajstić information content (AvgIpc) is 3.15. The Hall–Kier alpha value is -2.26. The van der Waals surface area contributed by atoms with Crippen LogP contribution in [0.25, 0.3) is 0 Å². The molecular weight excluding hydrogens is 419 g/mol. The number of benzene rings is 2. The fourth-order valence-electron chi connectivity index (χ4n) is 4.77. The van der Waals surface area contributed by atoms with E-state index in [1.54, 1.807) is 17.0 Å². The molecule has 0 atom stereocenters. The maximum atomic E-state index is 13.1. The van der Waals surface area contributed by atoms with Crippen molar-refractivity contribution in [3.63, 3.8) is 0 Å². The highest BCUT2D eigenvalue weighted by molar-refractivity contribution is 6.30. The van der Waals surface area contributed by atoms with Gasteiger partial charge in [0.2, 0.25) is 0 Å². The third kappa shape index (κ3) is 4.13. The molecule has 2 aromatic rings. The second-order valence-corrected chi connectivity index (χ2v) is 8.45. The van der Waals surface area contributed by atoms with Crippen LogP contribution in [-0.2, 0) is 5.41 Å². The number of rotatable bonds is 4. The van der Waals surface area contributed by atoms with Gasteiger partial charge in [0.25, 0.3) is 0 Å². The van der Waals surface area contributed by atoms with E-state index < -0.39 is 0 Å². The first-order valence-corrected chi connectivity index (χ1v) is 10.5. The lowest BCUT2D eigenvalue weighted by atomic mass is 9.68. The van der Waals surface area contributed by atoms with Crippen LogP contribution in [0.3, 0.4) is 0 Å². The third-order valence-corrected chi connectivity index (χ3v) is 6.74. The minimum Gasteiger partial charge on any atom is -0.330 e. The van der Waals surface area contributed by atoms with Crippen molar-refractivity contribution < 1.29 is 4.79 Å². The Kier molecular flexibility index (Phi) is 6.92.